The molecule has 0 atom stereocenters. The highest BCUT2D eigenvalue weighted by molar-refractivity contribution is 5.92. The fraction of sp³-hybridized carbons (Fsp3) is 0.500. The summed E-state index contributed by atoms with van der Waals surface area (Å²) in [6.07, 6.45) is 3.89. The minimum Gasteiger partial charge on any atom is -0.465 e. The number of benzene rings is 1. The Morgan fingerprint density at radius 2 is 1.94 bits per heavy atom. The van der Waals surface area contributed by atoms with Crippen LogP contribution in [-0.2, 0) is 4.74 Å². The monoisotopic (exact) mass is 246 g/mol. The summed E-state index contributed by atoms with van der Waals surface area (Å²) in [5, 5.41) is 6.95. The van der Waals surface area contributed by atoms with Gasteiger partial charge < -0.3 is 15.4 Å². The van der Waals surface area contributed by atoms with Gasteiger partial charge in [0, 0.05) is 18.5 Å². The van der Waals surface area contributed by atoms with Crippen molar-refractivity contribution in [2.24, 2.45) is 5.41 Å². The van der Waals surface area contributed by atoms with E-state index in [1.165, 1.54) is 26.4 Å². The number of esters is 1. The van der Waals surface area contributed by atoms with E-state index < -0.39 is 0 Å². The second-order valence-electron chi connectivity index (χ2n) is 5.31. The lowest BCUT2D eigenvalue weighted by Gasteiger charge is -2.41. The van der Waals surface area contributed by atoms with Crippen LogP contribution >= 0.6 is 0 Å². The smallest absolute Gasteiger partial charge is 0.337 e. The standard InChI is InChI=1S/C14H18N2O2/c1-18-13(17)10-3-4-11-12(7-10)16-9-14(8-15-11)5-2-6-14/h3-4,7,15-16H,2,5-6,8-9H2,1H3. The third-order valence-corrected chi connectivity index (χ3v) is 4.16. The van der Waals surface area contributed by atoms with Gasteiger partial charge in [-0.25, -0.2) is 4.79 Å². The van der Waals surface area contributed by atoms with Crippen LogP contribution in [0.1, 0.15) is 29.6 Å². The quantitative estimate of drug-likeness (QED) is 0.747. The van der Waals surface area contributed by atoms with E-state index in [2.05, 4.69) is 10.6 Å². The van der Waals surface area contributed by atoms with Gasteiger partial charge in [0.2, 0.25) is 0 Å². The van der Waals surface area contributed by atoms with E-state index in [4.69, 9.17) is 4.74 Å². The van der Waals surface area contributed by atoms with Gasteiger partial charge in [0.15, 0.2) is 0 Å². The zero-order valence-electron chi connectivity index (χ0n) is 10.6. The molecule has 2 N–H and O–H groups in total. The topological polar surface area (TPSA) is 50.4 Å². The summed E-state index contributed by atoms with van der Waals surface area (Å²) in [6.45, 7) is 2.00. The second-order valence-corrected chi connectivity index (χ2v) is 5.31. The molecule has 0 unspecified atom stereocenters. The van der Waals surface area contributed by atoms with Crippen molar-refractivity contribution in [3.05, 3.63) is 23.8 Å². The summed E-state index contributed by atoms with van der Waals surface area (Å²) < 4.78 is 4.74. The lowest BCUT2D eigenvalue weighted by molar-refractivity contribution is 0.0601. The molecule has 0 radical (unpaired) electrons. The molecule has 4 heteroatoms. The maximum absolute atomic E-state index is 11.5. The van der Waals surface area contributed by atoms with E-state index in [1.807, 2.05) is 12.1 Å². The van der Waals surface area contributed by atoms with E-state index in [0.29, 0.717) is 11.0 Å². The molecular formula is C14H18N2O2. The minimum absolute atomic E-state index is 0.290. The Labute approximate surface area is 107 Å². The zero-order chi connectivity index (χ0) is 12.6. The molecule has 4 nitrogen and oxygen atoms in total. The Morgan fingerprint density at radius 3 is 2.56 bits per heavy atom. The average Bonchev–Trinajstić information content (AvgIpc) is 2.56. The number of hydrogen-bond donors (Lipinski definition) is 2. The van der Waals surface area contributed by atoms with Gasteiger partial charge in [0.05, 0.1) is 24.0 Å². The van der Waals surface area contributed by atoms with Gasteiger partial charge in [-0.2, -0.15) is 0 Å². The second kappa shape index (κ2) is 4.19. The highest BCUT2D eigenvalue weighted by atomic mass is 16.5. The van der Waals surface area contributed by atoms with Crippen LogP contribution < -0.4 is 10.6 Å². The summed E-state index contributed by atoms with van der Waals surface area (Å²) in [5.41, 5.74) is 3.08. The first kappa shape index (κ1) is 11.4. The maximum Gasteiger partial charge on any atom is 0.337 e. The van der Waals surface area contributed by atoms with Crippen molar-refractivity contribution in [2.45, 2.75) is 19.3 Å². The molecule has 1 aliphatic heterocycles. The molecular weight excluding hydrogens is 228 g/mol. The van der Waals surface area contributed by atoms with Gasteiger partial charge in [0.25, 0.3) is 0 Å². The van der Waals surface area contributed by atoms with Gasteiger partial charge in [-0.05, 0) is 31.0 Å². The number of carbonyl (C=O) groups is 1. The molecule has 1 heterocycles. The minimum atomic E-state index is -0.290. The van der Waals surface area contributed by atoms with E-state index in [1.54, 1.807) is 6.07 Å². The molecule has 1 aliphatic carbocycles. The van der Waals surface area contributed by atoms with Crippen LogP contribution in [0.4, 0.5) is 11.4 Å². The van der Waals surface area contributed by atoms with Gasteiger partial charge in [0.1, 0.15) is 0 Å². The van der Waals surface area contributed by atoms with Gasteiger partial charge in [-0.1, -0.05) is 6.42 Å². The highest BCUT2D eigenvalue weighted by Crippen LogP contribution is 2.43. The lowest BCUT2D eigenvalue weighted by Crippen LogP contribution is -2.40. The van der Waals surface area contributed by atoms with Crippen molar-refractivity contribution in [2.75, 3.05) is 30.8 Å². The zero-order valence-corrected chi connectivity index (χ0v) is 10.6. The van der Waals surface area contributed by atoms with Crippen LogP contribution in [0.15, 0.2) is 18.2 Å². The predicted octanol–water partition coefficient (Wildman–Crippen LogP) is 2.48. The average molecular weight is 246 g/mol. The molecule has 3 rings (SSSR count). The number of rotatable bonds is 1. The number of ether oxygens (including phenoxy) is 1. The van der Waals surface area contributed by atoms with Crippen LogP contribution in [0.5, 0.6) is 0 Å². The van der Waals surface area contributed by atoms with Crippen molar-refractivity contribution in [3.8, 4) is 0 Å². The van der Waals surface area contributed by atoms with Crippen molar-refractivity contribution < 1.29 is 9.53 Å². The highest BCUT2D eigenvalue weighted by Gasteiger charge is 2.38. The summed E-state index contributed by atoms with van der Waals surface area (Å²) >= 11 is 0. The molecule has 0 aromatic heterocycles. The molecule has 1 fully saturated rings. The number of methoxy groups -OCH3 is 1. The van der Waals surface area contributed by atoms with Crippen LogP contribution in [0.3, 0.4) is 0 Å². The number of fused-ring (bicyclic) bond motifs is 1. The Morgan fingerprint density at radius 1 is 1.22 bits per heavy atom. The van der Waals surface area contributed by atoms with Crippen LogP contribution in [0.2, 0.25) is 0 Å². The Kier molecular flexibility index (Phi) is 2.65. The molecule has 18 heavy (non-hydrogen) atoms. The number of nitrogens with one attached hydrogen (secondary N) is 2. The molecule has 1 spiro atoms. The van der Waals surface area contributed by atoms with Gasteiger partial charge in [-0.3, -0.25) is 0 Å². The van der Waals surface area contributed by atoms with Crippen molar-refractivity contribution in [1.82, 2.24) is 0 Å². The maximum atomic E-state index is 11.5. The molecule has 0 bridgehead atoms. The van der Waals surface area contributed by atoms with Crippen molar-refractivity contribution >= 4 is 17.3 Å². The van der Waals surface area contributed by atoms with Crippen molar-refractivity contribution in [1.29, 1.82) is 0 Å². The van der Waals surface area contributed by atoms with Gasteiger partial charge >= 0.3 is 5.97 Å². The molecule has 1 aromatic carbocycles. The van der Waals surface area contributed by atoms with E-state index >= 15 is 0 Å². The van der Waals surface area contributed by atoms with Crippen LogP contribution in [0, 0.1) is 5.41 Å². The van der Waals surface area contributed by atoms with Crippen LogP contribution in [-0.4, -0.2) is 26.2 Å². The molecule has 0 saturated heterocycles. The first-order valence-electron chi connectivity index (χ1n) is 6.43. The predicted molar refractivity (Wildman–Crippen MR) is 71.0 cm³/mol. The molecule has 0 amide bonds. The van der Waals surface area contributed by atoms with Gasteiger partial charge in [-0.15, -0.1) is 0 Å². The number of anilines is 2. The summed E-state index contributed by atoms with van der Waals surface area (Å²) in [4.78, 5) is 11.5. The first-order valence-corrected chi connectivity index (χ1v) is 6.43. The Balaban J connectivity index is 1.85. The summed E-state index contributed by atoms with van der Waals surface area (Å²) in [5.74, 6) is -0.290. The number of hydrogen-bond acceptors (Lipinski definition) is 4. The third-order valence-electron chi connectivity index (χ3n) is 4.16. The van der Waals surface area contributed by atoms with E-state index in [0.717, 1.165) is 24.5 Å². The third kappa shape index (κ3) is 1.82. The molecule has 96 valence electrons. The Hall–Kier alpha value is -1.71. The molecule has 1 aromatic rings. The van der Waals surface area contributed by atoms with E-state index in [-0.39, 0.29) is 5.97 Å². The molecule has 2 aliphatic rings. The first-order chi connectivity index (χ1) is 8.72. The fourth-order valence-corrected chi connectivity index (χ4v) is 2.75. The fourth-order valence-electron chi connectivity index (χ4n) is 2.75. The normalized spacial score (nSPS) is 19.8. The summed E-state index contributed by atoms with van der Waals surface area (Å²) in [7, 11) is 1.41. The Bertz CT molecular complexity index is 481. The molecule has 1 saturated carbocycles. The van der Waals surface area contributed by atoms with Crippen molar-refractivity contribution in [3.63, 3.8) is 0 Å². The van der Waals surface area contributed by atoms with Crippen LogP contribution in [0.25, 0.3) is 0 Å². The SMILES string of the molecule is COC(=O)c1ccc2c(c1)NCC1(CCC1)CN2. The summed E-state index contributed by atoms with van der Waals surface area (Å²) in [6, 6.07) is 5.62. The number of carbonyl (C=O) groups excluding carboxylic acids is 1. The van der Waals surface area contributed by atoms with E-state index in [9.17, 15) is 4.79 Å². The largest absolute Gasteiger partial charge is 0.465 e. The lowest BCUT2D eigenvalue weighted by atomic mass is 9.69.